The summed E-state index contributed by atoms with van der Waals surface area (Å²) in [5.41, 5.74) is 2.93. The van der Waals surface area contributed by atoms with Crippen molar-refractivity contribution in [2.45, 2.75) is 6.32 Å². The molecule has 0 saturated carbocycles. The van der Waals surface area contributed by atoms with E-state index >= 15 is 0 Å². The largest absolute Gasteiger partial charge is 0.370 e. The minimum atomic E-state index is -0.509. The number of carbonyl (C=O) groups is 2. The van der Waals surface area contributed by atoms with Crippen molar-refractivity contribution >= 4 is 27.3 Å². The standard InChI is InChI=1S/2C2H4BNO/c3-2(5)1-4;3-1-2(4)5/h1,4H2;1H2,(H2,4,5)/i/hD2. The molecule has 10 heavy (non-hydrogen) atoms. The van der Waals surface area contributed by atoms with Crippen molar-refractivity contribution in [3.63, 3.8) is 0 Å². The Balaban J connectivity index is 0. The average molecular weight is 140 g/mol. The quantitative estimate of drug-likeness (QED) is 0.432. The molecule has 0 rings (SSSR count). The average Bonchev–Trinajstić information content (AvgIpc) is 2.04. The molecule has 0 bridgehead atoms. The minimum Gasteiger partial charge on any atom is -0.370 e. The molecule has 0 atom stereocenters. The van der Waals surface area contributed by atoms with Gasteiger partial charge in [-0.1, -0.05) is 0 Å². The van der Waals surface area contributed by atoms with Crippen LogP contribution in [0.15, 0.2) is 0 Å². The van der Waals surface area contributed by atoms with E-state index in [1.807, 2.05) is 5.73 Å². The fraction of sp³-hybridized carbons (Fsp3) is 0.500. The first-order chi connectivity index (χ1) is 5.58. The molecule has 0 aromatic carbocycles. The molecule has 4 nitrogen and oxygen atoms in total. The lowest BCUT2D eigenvalue weighted by Gasteiger charge is -1.73. The van der Waals surface area contributed by atoms with Crippen molar-refractivity contribution in [3.8, 4) is 0 Å². The number of carbonyl (C=O) groups excluding carboxylic acids is 2. The lowest BCUT2D eigenvalue weighted by Crippen LogP contribution is -2.11. The maximum absolute atomic E-state index is 9.76. The molecule has 0 aliphatic carbocycles. The summed E-state index contributed by atoms with van der Waals surface area (Å²) < 4.78 is 12.3. The van der Waals surface area contributed by atoms with Gasteiger partial charge >= 0.3 is 0 Å². The van der Waals surface area contributed by atoms with Crippen LogP contribution in [-0.2, 0) is 9.59 Å². The molecule has 4 radical (unpaired) electrons. The van der Waals surface area contributed by atoms with Crippen LogP contribution in [0.1, 0.15) is 0 Å². The summed E-state index contributed by atoms with van der Waals surface area (Å²) in [6, 6.07) is 0. The van der Waals surface area contributed by atoms with Gasteiger partial charge in [0, 0.05) is 6.54 Å². The molecule has 0 saturated heterocycles. The summed E-state index contributed by atoms with van der Waals surface area (Å²) in [5.74, 6) is -0.463. The van der Waals surface area contributed by atoms with Crippen molar-refractivity contribution < 1.29 is 12.4 Å². The van der Waals surface area contributed by atoms with Crippen LogP contribution in [0.5, 0.6) is 0 Å². The molecule has 0 aromatic heterocycles. The molecular formula is C4H8B2N2O2. The normalized spacial score (nSPS) is 9.60. The highest BCUT2D eigenvalue weighted by molar-refractivity contribution is 6.58. The van der Waals surface area contributed by atoms with Crippen LogP contribution in [0.2, 0.25) is 9.14 Å². The number of hydrogen-bond acceptors (Lipinski definition) is 3. The van der Waals surface area contributed by atoms with Gasteiger partial charge in [-0.3, -0.25) is 4.79 Å². The van der Waals surface area contributed by atoms with Crippen LogP contribution in [0.3, 0.4) is 0 Å². The zero-order valence-electron chi connectivity index (χ0n) is 7.39. The highest BCUT2D eigenvalue weighted by Gasteiger charge is 1.77. The Bertz CT molecular complexity index is 141. The number of rotatable bonds is 3. The summed E-state index contributed by atoms with van der Waals surface area (Å²) in [5, 5.41) is 0. The van der Waals surface area contributed by atoms with E-state index in [-0.39, 0.29) is 12.9 Å². The lowest BCUT2D eigenvalue weighted by atomic mass is 10.0. The first kappa shape index (κ1) is 7.34. The van der Waals surface area contributed by atoms with Crippen LogP contribution in [-0.4, -0.2) is 33.8 Å². The van der Waals surface area contributed by atoms with Gasteiger partial charge < -0.3 is 16.2 Å². The van der Waals surface area contributed by atoms with E-state index in [0.29, 0.717) is 0 Å². The molecule has 4 N–H and O–H groups in total. The van der Waals surface area contributed by atoms with Gasteiger partial charge in [0.2, 0.25) is 5.91 Å². The maximum atomic E-state index is 9.76. The number of hydrogen-bond donors (Lipinski definition) is 2. The van der Waals surface area contributed by atoms with Gasteiger partial charge in [-0.05, 0) is 6.32 Å². The highest BCUT2D eigenvalue weighted by atomic mass is 16.1. The predicted octanol–water partition coefficient (Wildman–Crippen LogP) is -2.30. The molecule has 0 unspecified atom stereocenters. The molecule has 6 heteroatoms. The summed E-state index contributed by atoms with van der Waals surface area (Å²) in [4.78, 5) is 19.4. The van der Waals surface area contributed by atoms with Gasteiger partial charge in [-0.25, -0.2) is 0 Å². The minimum absolute atomic E-state index is 0.0694. The molecule has 0 heterocycles. The SMILES string of the molecule is [2H]NC(=O)C[B].[2H]NCC([B])=O. The zero-order chi connectivity index (χ0) is 9.98. The molecule has 0 aliphatic rings. The molecule has 0 fully saturated rings. The van der Waals surface area contributed by atoms with Gasteiger partial charge in [-0.15, -0.1) is 0 Å². The van der Waals surface area contributed by atoms with Crippen molar-refractivity contribution in [2.24, 2.45) is 11.5 Å². The van der Waals surface area contributed by atoms with E-state index in [2.05, 4.69) is 7.85 Å². The fourth-order valence-electron chi connectivity index (χ4n) is 0. The Morgan fingerprint density at radius 1 is 1.60 bits per heavy atom. The number of primary amides is 1. The van der Waals surface area contributed by atoms with Gasteiger partial charge in [0.15, 0.2) is 9.26 Å². The second-order valence-corrected chi connectivity index (χ2v) is 1.27. The first-order valence-electron chi connectivity index (χ1n) is 3.42. The second kappa shape index (κ2) is 8.23. The Morgan fingerprint density at radius 2 is 2.20 bits per heavy atom. The lowest BCUT2D eigenvalue weighted by molar-refractivity contribution is -0.116. The van der Waals surface area contributed by atoms with E-state index in [0.717, 1.165) is 0 Å². The summed E-state index contributed by atoms with van der Waals surface area (Å²) in [6.07, 6.45) is -0.108. The molecule has 0 spiro atoms. The zero-order valence-corrected chi connectivity index (χ0v) is 5.39. The summed E-state index contributed by atoms with van der Waals surface area (Å²) in [7, 11) is 9.33. The third-order valence-corrected chi connectivity index (χ3v) is 0.360. The topological polar surface area (TPSA) is 86.2 Å². The van der Waals surface area contributed by atoms with Gasteiger partial charge in [0.05, 0.1) is 13.5 Å². The summed E-state index contributed by atoms with van der Waals surface area (Å²) >= 11 is 0. The molecule has 52 valence electrons. The Kier molecular flexibility index (Phi) is 6.04. The van der Waals surface area contributed by atoms with E-state index in [9.17, 15) is 9.59 Å². The monoisotopic (exact) mass is 140 g/mol. The number of nitrogens with two attached hydrogens (primary N) is 2. The van der Waals surface area contributed by atoms with E-state index in [1.165, 1.54) is 0 Å². The summed E-state index contributed by atoms with van der Waals surface area (Å²) in [6.45, 7) is -0.0694. The third kappa shape index (κ3) is 26.9. The van der Waals surface area contributed by atoms with E-state index in [4.69, 9.17) is 10.7 Å². The smallest absolute Gasteiger partial charge is 0.208 e. The predicted molar refractivity (Wildman–Crippen MR) is 39.6 cm³/mol. The second-order valence-electron chi connectivity index (χ2n) is 1.27. The third-order valence-electron chi connectivity index (χ3n) is 0.360. The van der Waals surface area contributed by atoms with Crippen LogP contribution < -0.4 is 11.5 Å². The Labute approximate surface area is 65.1 Å². The van der Waals surface area contributed by atoms with Crippen LogP contribution in [0.25, 0.3) is 0 Å². The van der Waals surface area contributed by atoms with E-state index in [1.54, 1.807) is 5.73 Å². The Hall–Kier alpha value is -0.770. The van der Waals surface area contributed by atoms with Crippen molar-refractivity contribution in [2.75, 3.05) is 6.54 Å². The van der Waals surface area contributed by atoms with Gasteiger partial charge in [0.25, 0.3) is 0 Å². The highest BCUT2D eigenvalue weighted by Crippen LogP contribution is 1.58. The van der Waals surface area contributed by atoms with E-state index < -0.39 is 11.6 Å². The fourth-order valence-corrected chi connectivity index (χ4v) is 0. The van der Waals surface area contributed by atoms with Crippen molar-refractivity contribution in [3.05, 3.63) is 0 Å². The molecule has 0 aromatic rings. The molecule has 1 amide bonds. The van der Waals surface area contributed by atoms with Gasteiger partial charge in [0.1, 0.15) is 1.41 Å². The van der Waals surface area contributed by atoms with Crippen LogP contribution in [0.4, 0.5) is 0 Å². The van der Waals surface area contributed by atoms with Crippen LogP contribution in [0, 0.1) is 0 Å². The maximum Gasteiger partial charge on any atom is 0.208 e. The van der Waals surface area contributed by atoms with Gasteiger partial charge in [-0.2, -0.15) is 0 Å². The van der Waals surface area contributed by atoms with Crippen molar-refractivity contribution in [1.82, 2.24) is 0 Å². The molecule has 0 aliphatic heterocycles. The number of amides is 1. The molecular weight excluding hydrogens is 130 g/mol. The van der Waals surface area contributed by atoms with Crippen molar-refractivity contribution in [1.29, 1.82) is 0 Å². The first-order valence-corrected chi connectivity index (χ1v) is 2.42. The Morgan fingerprint density at radius 3 is 2.20 bits per heavy atom. The van der Waals surface area contributed by atoms with Crippen LogP contribution >= 0.6 is 0 Å².